The van der Waals surface area contributed by atoms with E-state index in [2.05, 4.69) is 31.9 Å². The van der Waals surface area contributed by atoms with Crippen molar-refractivity contribution in [2.45, 2.75) is 6.04 Å². The number of hydrogen-bond acceptors (Lipinski definition) is 2. The van der Waals surface area contributed by atoms with Gasteiger partial charge in [-0.3, -0.25) is 0 Å². The minimum Gasteiger partial charge on any atom is -0.319 e. The highest BCUT2D eigenvalue weighted by Crippen LogP contribution is 2.37. The smallest absolute Gasteiger partial charge is 0.132 e. The predicted octanol–water partition coefficient (Wildman–Crippen LogP) is 5.25. The molecule has 0 aliphatic rings. The molecular formula is C11H6Br2ClF2NS. The highest BCUT2D eigenvalue weighted by Gasteiger charge is 2.21. The van der Waals surface area contributed by atoms with Gasteiger partial charge in [-0.2, -0.15) is 0 Å². The van der Waals surface area contributed by atoms with Crippen molar-refractivity contribution in [1.82, 2.24) is 0 Å². The monoisotopic (exact) mass is 415 g/mol. The Labute approximate surface area is 128 Å². The molecule has 0 fully saturated rings. The standard InChI is InChI=1S/C11H6Br2ClF2NS/c12-4-1-6(15)9(7(16)2-4)10(17)8-3-5(13)11(14)18-8/h1-3,10H,17H2. The molecule has 0 aliphatic carbocycles. The zero-order valence-corrected chi connectivity index (χ0v) is 13.4. The van der Waals surface area contributed by atoms with Crippen molar-refractivity contribution in [3.8, 4) is 0 Å². The van der Waals surface area contributed by atoms with Crippen LogP contribution in [0, 0.1) is 11.6 Å². The van der Waals surface area contributed by atoms with E-state index in [9.17, 15) is 8.78 Å². The molecule has 1 atom stereocenters. The van der Waals surface area contributed by atoms with Crippen LogP contribution in [0.2, 0.25) is 4.34 Å². The van der Waals surface area contributed by atoms with Gasteiger partial charge in [0.15, 0.2) is 0 Å². The maximum absolute atomic E-state index is 13.8. The molecule has 1 aromatic carbocycles. The van der Waals surface area contributed by atoms with Crippen molar-refractivity contribution in [1.29, 1.82) is 0 Å². The summed E-state index contributed by atoms with van der Waals surface area (Å²) in [5.74, 6) is -1.37. The average molecular weight is 418 g/mol. The van der Waals surface area contributed by atoms with Crippen molar-refractivity contribution in [2.24, 2.45) is 5.73 Å². The van der Waals surface area contributed by atoms with Crippen LogP contribution in [-0.4, -0.2) is 0 Å². The molecule has 0 aliphatic heterocycles. The van der Waals surface area contributed by atoms with Crippen LogP contribution in [0.4, 0.5) is 8.78 Å². The van der Waals surface area contributed by atoms with Gasteiger partial charge in [0.25, 0.3) is 0 Å². The molecule has 18 heavy (non-hydrogen) atoms. The number of rotatable bonds is 2. The highest BCUT2D eigenvalue weighted by molar-refractivity contribution is 9.10. The average Bonchev–Trinajstić information content (AvgIpc) is 2.57. The summed E-state index contributed by atoms with van der Waals surface area (Å²) < 4.78 is 29.0. The molecule has 2 aromatic rings. The first-order valence-electron chi connectivity index (χ1n) is 4.75. The zero-order valence-electron chi connectivity index (χ0n) is 8.68. The predicted molar refractivity (Wildman–Crippen MR) is 77.1 cm³/mol. The lowest BCUT2D eigenvalue weighted by molar-refractivity contribution is 0.543. The van der Waals surface area contributed by atoms with E-state index in [4.69, 9.17) is 17.3 Å². The summed E-state index contributed by atoms with van der Waals surface area (Å²) in [5.41, 5.74) is 5.72. The summed E-state index contributed by atoms with van der Waals surface area (Å²) in [4.78, 5) is 0.590. The Morgan fingerprint density at radius 1 is 1.17 bits per heavy atom. The van der Waals surface area contributed by atoms with Gasteiger partial charge in [0.05, 0.1) is 6.04 Å². The minimum absolute atomic E-state index is 0.163. The van der Waals surface area contributed by atoms with Crippen LogP contribution in [0.3, 0.4) is 0 Å². The maximum atomic E-state index is 13.8. The molecule has 1 nitrogen and oxygen atoms in total. The Morgan fingerprint density at radius 2 is 1.72 bits per heavy atom. The first-order chi connectivity index (χ1) is 8.40. The minimum atomic E-state index is -0.883. The molecule has 0 spiro atoms. The van der Waals surface area contributed by atoms with Gasteiger partial charge in [0, 0.05) is 19.4 Å². The largest absolute Gasteiger partial charge is 0.319 e. The van der Waals surface area contributed by atoms with E-state index in [1.165, 1.54) is 23.5 Å². The molecule has 2 N–H and O–H groups in total. The molecule has 7 heteroatoms. The molecule has 96 valence electrons. The van der Waals surface area contributed by atoms with E-state index in [1.807, 2.05) is 0 Å². The first-order valence-corrected chi connectivity index (χ1v) is 7.53. The number of nitrogens with two attached hydrogens (primary N) is 1. The fourth-order valence-electron chi connectivity index (χ4n) is 1.51. The van der Waals surface area contributed by atoms with E-state index in [-0.39, 0.29) is 5.56 Å². The molecule has 2 rings (SSSR count). The van der Waals surface area contributed by atoms with Crippen LogP contribution in [0.5, 0.6) is 0 Å². The number of halogens is 5. The zero-order chi connectivity index (χ0) is 13.4. The van der Waals surface area contributed by atoms with Gasteiger partial charge in [-0.05, 0) is 34.1 Å². The molecule has 1 unspecified atom stereocenters. The Bertz CT molecular complexity index is 560. The highest BCUT2D eigenvalue weighted by atomic mass is 79.9. The van der Waals surface area contributed by atoms with Crippen LogP contribution in [0.15, 0.2) is 27.1 Å². The van der Waals surface area contributed by atoms with Crippen LogP contribution in [-0.2, 0) is 0 Å². The van der Waals surface area contributed by atoms with Crippen LogP contribution < -0.4 is 5.73 Å². The van der Waals surface area contributed by atoms with Crippen molar-refractivity contribution in [3.05, 3.63) is 53.6 Å². The van der Waals surface area contributed by atoms with E-state index < -0.39 is 17.7 Å². The Hall–Kier alpha value is -0.0100. The maximum Gasteiger partial charge on any atom is 0.132 e. The lowest BCUT2D eigenvalue weighted by Crippen LogP contribution is -2.14. The third-order valence-electron chi connectivity index (χ3n) is 2.33. The normalized spacial score (nSPS) is 12.8. The fraction of sp³-hybridized carbons (Fsp3) is 0.0909. The van der Waals surface area contributed by atoms with Gasteiger partial charge < -0.3 is 5.73 Å². The molecular weight excluding hydrogens is 411 g/mol. The number of thiophene rings is 1. The summed E-state index contributed by atoms with van der Waals surface area (Å²) in [6, 6.07) is 3.15. The van der Waals surface area contributed by atoms with Crippen molar-refractivity contribution < 1.29 is 8.78 Å². The SMILES string of the molecule is NC(c1cc(Br)c(Cl)s1)c1c(F)cc(Br)cc1F. The second-order valence-electron chi connectivity index (χ2n) is 3.53. The van der Waals surface area contributed by atoms with Crippen LogP contribution >= 0.6 is 54.8 Å². The van der Waals surface area contributed by atoms with Crippen LogP contribution in [0.25, 0.3) is 0 Å². The van der Waals surface area contributed by atoms with Gasteiger partial charge in [0.1, 0.15) is 16.0 Å². The van der Waals surface area contributed by atoms with Crippen LogP contribution in [0.1, 0.15) is 16.5 Å². The molecule has 1 aromatic heterocycles. The lowest BCUT2D eigenvalue weighted by Gasteiger charge is -2.12. The van der Waals surface area contributed by atoms with E-state index in [0.29, 0.717) is 18.2 Å². The Morgan fingerprint density at radius 3 is 2.17 bits per heavy atom. The summed E-state index contributed by atoms with van der Waals surface area (Å²) in [5, 5.41) is 0. The number of benzene rings is 1. The Kier molecular flexibility index (Phi) is 4.44. The second-order valence-corrected chi connectivity index (χ2v) is 6.99. The summed E-state index contributed by atoms with van der Waals surface area (Å²) in [6.07, 6.45) is 0. The third kappa shape index (κ3) is 2.77. The van der Waals surface area contributed by atoms with Gasteiger partial charge in [-0.1, -0.05) is 27.5 Å². The fourth-order valence-corrected chi connectivity index (χ4v) is 3.66. The Balaban J connectivity index is 2.49. The first kappa shape index (κ1) is 14.4. The summed E-state index contributed by atoms with van der Waals surface area (Å²) in [6.45, 7) is 0. The number of hydrogen-bond donors (Lipinski definition) is 1. The summed E-state index contributed by atoms with van der Waals surface area (Å²) in [7, 11) is 0. The molecule has 0 amide bonds. The van der Waals surface area contributed by atoms with Gasteiger partial charge >= 0.3 is 0 Å². The lowest BCUT2D eigenvalue weighted by atomic mass is 10.1. The van der Waals surface area contributed by atoms with Gasteiger partial charge in [-0.25, -0.2) is 8.78 Å². The van der Waals surface area contributed by atoms with Crippen molar-refractivity contribution >= 4 is 54.8 Å². The van der Waals surface area contributed by atoms with Crippen molar-refractivity contribution in [2.75, 3.05) is 0 Å². The van der Waals surface area contributed by atoms with Crippen molar-refractivity contribution in [3.63, 3.8) is 0 Å². The molecule has 0 saturated carbocycles. The molecule has 1 heterocycles. The van der Waals surface area contributed by atoms with E-state index >= 15 is 0 Å². The van der Waals surface area contributed by atoms with Gasteiger partial charge in [-0.15, -0.1) is 11.3 Å². The quantitative estimate of drug-likeness (QED) is 0.709. The second kappa shape index (κ2) is 5.54. The molecule has 0 saturated heterocycles. The molecule has 0 bridgehead atoms. The topological polar surface area (TPSA) is 26.0 Å². The third-order valence-corrected chi connectivity index (χ3v) is 5.34. The van der Waals surface area contributed by atoms with E-state index in [0.717, 1.165) is 0 Å². The summed E-state index contributed by atoms with van der Waals surface area (Å²) >= 11 is 13.3. The van der Waals surface area contributed by atoms with Gasteiger partial charge in [0.2, 0.25) is 0 Å². The van der Waals surface area contributed by atoms with E-state index in [1.54, 1.807) is 6.07 Å². The molecule has 0 radical (unpaired) electrons.